The van der Waals surface area contributed by atoms with E-state index in [2.05, 4.69) is 10.0 Å². The van der Waals surface area contributed by atoms with Gasteiger partial charge in [-0.25, -0.2) is 17.5 Å². The molecule has 1 saturated carbocycles. The zero-order chi connectivity index (χ0) is 24.6. The van der Waals surface area contributed by atoms with Gasteiger partial charge in [-0.3, -0.25) is 4.79 Å². The van der Waals surface area contributed by atoms with Gasteiger partial charge < -0.3 is 9.73 Å². The molecule has 2 N–H and O–H groups in total. The van der Waals surface area contributed by atoms with E-state index in [0.29, 0.717) is 31.3 Å². The highest BCUT2D eigenvalue weighted by Crippen LogP contribution is 2.31. The largest absolute Gasteiger partial charge is 0.456 e. The molecule has 1 aliphatic rings. The third-order valence-corrected chi connectivity index (χ3v) is 8.33. The fourth-order valence-electron chi connectivity index (χ4n) is 4.80. The number of halogens is 1. The molecule has 8 heteroatoms. The lowest BCUT2D eigenvalue weighted by Crippen LogP contribution is -2.41. The van der Waals surface area contributed by atoms with Gasteiger partial charge in [0, 0.05) is 22.7 Å². The number of sulfonamides is 1. The van der Waals surface area contributed by atoms with Crippen molar-refractivity contribution in [2.24, 2.45) is 5.92 Å². The molecule has 1 aliphatic carbocycles. The van der Waals surface area contributed by atoms with Crippen molar-refractivity contribution >= 4 is 37.9 Å². The van der Waals surface area contributed by atoms with E-state index in [4.69, 9.17) is 4.42 Å². The van der Waals surface area contributed by atoms with Crippen molar-refractivity contribution in [2.75, 3.05) is 0 Å². The molecule has 1 heterocycles. The lowest BCUT2D eigenvalue weighted by Gasteiger charge is -2.29. The average Bonchev–Trinajstić information content (AvgIpc) is 3.22. The average molecular weight is 495 g/mol. The summed E-state index contributed by atoms with van der Waals surface area (Å²) in [5.74, 6) is -0.543. The highest BCUT2D eigenvalue weighted by molar-refractivity contribution is 7.89. The second-order valence-electron chi connectivity index (χ2n) is 9.21. The van der Waals surface area contributed by atoms with Crippen molar-refractivity contribution in [1.29, 1.82) is 0 Å². The van der Waals surface area contributed by atoms with Crippen LogP contribution in [0.4, 0.5) is 4.39 Å². The van der Waals surface area contributed by atoms with E-state index < -0.39 is 10.0 Å². The number of nitrogens with one attached hydrogen (secondary N) is 2. The van der Waals surface area contributed by atoms with Crippen LogP contribution in [0.25, 0.3) is 21.9 Å². The zero-order valence-corrected chi connectivity index (χ0v) is 20.1. The smallest absolute Gasteiger partial charge is 0.240 e. The summed E-state index contributed by atoms with van der Waals surface area (Å²) < 4.78 is 48.0. The van der Waals surface area contributed by atoms with Crippen LogP contribution in [0.5, 0.6) is 0 Å². The molecule has 4 aromatic rings. The Morgan fingerprint density at radius 3 is 2.37 bits per heavy atom. The normalized spacial score (nSPS) is 19.6. The first-order valence-electron chi connectivity index (χ1n) is 11.8. The lowest BCUT2D eigenvalue weighted by molar-refractivity contribution is -0.126. The molecule has 1 fully saturated rings. The second kappa shape index (κ2) is 9.43. The molecule has 0 radical (unpaired) electrons. The predicted octanol–water partition coefficient (Wildman–Crippen LogP) is 5.44. The fraction of sp³-hybridized carbons (Fsp3) is 0.296. The van der Waals surface area contributed by atoms with Crippen molar-refractivity contribution in [2.45, 2.75) is 49.6 Å². The summed E-state index contributed by atoms with van der Waals surface area (Å²) in [6.07, 6.45) is 2.36. The summed E-state index contributed by atoms with van der Waals surface area (Å²) in [5, 5.41) is 4.63. The highest BCUT2D eigenvalue weighted by atomic mass is 32.2. The molecule has 1 aromatic heterocycles. The first kappa shape index (κ1) is 23.5. The Labute approximate surface area is 203 Å². The van der Waals surface area contributed by atoms with Gasteiger partial charge in [0.15, 0.2) is 0 Å². The number of rotatable bonds is 6. The van der Waals surface area contributed by atoms with Gasteiger partial charge in [-0.1, -0.05) is 30.3 Å². The zero-order valence-electron chi connectivity index (χ0n) is 19.3. The minimum Gasteiger partial charge on any atom is -0.456 e. The maximum absolute atomic E-state index is 13.1. The van der Waals surface area contributed by atoms with E-state index in [1.54, 1.807) is 30.3 Å². The predicted molar refractivity (Wildman–Crippen MR) is 133 cm³/mol. The molecule has 0 aliphatic heterocycles. The number of hydrogen-bond donors (Lipinski definition) is 2. The summed E-state index contributed by atoms with van der Waals surface area (Å²) in [4.78, 5) is 12.9. The van der Waals surface area contributed by atoms with Gasteiger partial charge in [0.25, 0.3) is 0 Å². The van der Waals surface area contributed by atoms with Crippen LogP contribution in [0.1, 0.15) is 44.2 Å². The van der Waals surface area contributed by atoms with Crippen LogP contribution in [-0.4, -0.2) is 20.4 Å². The molecule has 0 unspecified atom stereocenters. The van der Waals surface area contributed by atoms with Gasteiger partial charge in [-0.05, 0) is 74.6 Å². The third kappa shape index (κ3) is 4.94. The van der Waals surface area contributed by atoms with E-state index in [1.165, 1.54) is 12.1 Å². The monoisotopic (exact) mass is 494 g/mol. The molecule has 1 atom stereocenters. The van der Waals surface area contributed by atoms with Crippen LogP contribution < -0.4 is 10.0 Å². The fourth-order valence-corrected chi connectivity index (χ4v) is 6.13. The van der Waals surface area contributed by atoms with Crippen LogP contribution in [-0.2, 0) is 14.8 Å². The van der Waals surface area contributed by atoms with Crippen molar-refractivity contribution in [3.63, 3.8) is 0 Å². The van der Waals surface area contributed by atoms with Crippen LogP contribution in [0, 0.1) is 11.7 Å². The second-order valence-corrected chi connectivity index (χ2v) is 10.9. The van der Waals surface area contributed by atoms with Crippen LogP contribution in [0.2, 0.25) is 0 Å². The topological polar surface area (TPSA) is 88.4 Å². The Morgan fingerprint density at radius 2 is 1.63 bits per heavy atom. The van der Waals surface area contributed by atoms with Gasteiger partial charge in [0.2, 0.25) is 15.9 Å². The summed E-state index contributed by atoms with van der Waals surface area (Å²) in [5.41, 5.74) is 2.20. The summed E-state index contributed by atoms with van der Waals surface area (Å²) in [7, 11) is -3.72. The molecular formula is C27H27FN2O4S. The Hall–Kier alpha value is -3.23. The minimum absolute atomic E-state index is 0.0552. The van der Waals surface area contributed by atoms with Gasteiger partial charge >= 0.3 is 0 Å². The number of hydrogen-bond acceptors (Lipinski definition) is 4. The van der Waals surface area contributed by atoms with E-state index in [9.17, 15) is 17.6 Å². The van der Waals surface area contributed by atoms with E-state index in [1.807, 2.05) is 31.2 Å². The minimum atomic E-state index is -3.72. The van der Waals surface area contributed by atoms with Crippen LogP contribution >= 0.6 is 0 Å². The molecule has 3 aromatic carbocycles. The van der Waals surface area contributed by atoms with Gasteiger partial charge in [-0.15, -0.1) is 0 Å². The van der Waals surface area contributed by atoms with Crippen LogP contribution in [0.3, 0.4) is 0 Å². The van der Waals surface area contributed by atoms with Crippen molar-refractivity contribution in [3.05, 3.63) is 78.1 Å². The number of benzene rings is 3. The van der Waals surface area contributed by atoms with E-state index in [-0.39, 0.29) is 34.6 Å². The Morgan fingerprint density at radius 1 is 0.943 bits per heavy atom. The molecule has 1 amide bonds. The Kier molecular flexibility index (Phi) is 6.34. The Bertz CT molecular complexity index is 1470. The summed E-state index contributed by atoms with van der Waals surface area (Å²) >= 11 is 0. The van der Waals surface area contributed by atoms with Gasteiger partial charge in [-0.2, -0.15) is 0 Å². The van der Waals surface area contributed by atoms with Crippen molar-refractivity contribution < 1.29 is 22.0 Å². The van der Waals surface area contributed by atoms with E-state index in [0.717, 1.165) is 21.9 Å². The maximum Gasteiger partial charge on any atom is 0.240 e. The van der Waals surface area contributed by atoms with Crippen molar-refractivity contribution in [3.8, 4) is 0 Å². The highest BCUT2D eigenvalue weighted by Gasteiger charge is 2.30. The standard InChI is InChI=1S/C27H27FN2O4S/c1-17(18-6-10-20(28)11-7-18)29-27(31)19-8-12-21(13-9-19)30-35(32,33)22-14-15-26-24(16-22)23-4-2-3-5-25(23)34-26/h2-7,10-11,14-17,19,21,30H,8-9,12-13H2,1H3,(H,29,31)/t17-,19-,21-/m1/s1. The molecule has 0 spiro atoms. The molecule has 182 valence electrons. The van der Waals surface area contributed by atoms with Crippen molar-refractivity contribution in [1.82, 2.24) is 10.0 Å². The quantitative estimate of drug-likeness (QED) is 0.374. The number of fused-ring (bicyclic) bond motifs is 3. The Balaban J connectivity index is 1.21. The maximum atomic E-state index is 13.1. The molecule has 35 heavy (non-hydrogen) atoms. The number of furan rings is 1. The molecule has 0 bridgehead atoms. The third-order valence-electron chi connectivity index (χ3n) is 6.81. The molecule has 6 nitrogen and oxygen atoms in total. The summed E-state index contributed by atoms with van der Waals surface area (Å²) in [6.45, 7) is 1.87. The van der Waals surface area contributed by atoms with Crippen LogP contribution in [0.15, 0.2) is 76.0 Å². The molecule has 5 rings (SSSR count). The number of para-hydroxylation sites is 1. The number of carbonyl (C=O) groups excluding carboxylic acids is 1. The number of amides is 1. The molecular weight excluding hydrogens is 467 g/mol. The summed E-state index contributed by atoms with van der Waals surface area (Å²) in [6, 6.07) is 18.1. The molecule has 0 saturated heterocycles. The van der Waals surface area contributed by atoms with Gasteiger partial charge in [0.1, 0.15) is 17.0 Å². The number of carbonyl (C=O) groups is 1. The first-order valence-corrected chi connectivity index (χ1v) is 13.3. The SMILES string of the molecule is C[C@@H](NC(=O)[C@H]1CC[C@H](NS(=O)(=O)c2ccc3oc4ccccc4c3c2)CC1)c1ccc(F)cc1. The first-order chi connectivity index (χ1) is 16.8. The lowest BCUT2D eigenvalue weighted by atomic mass is 9.85. The van der Waals surface area contributed by atoms with Gasteiger partial charge in [0.05, 0.1) is 10.9 Å². The van der Waals surface area contributed by atoms with E-state index >= 15 is 0 Å².